The molecule has 0 radical (unpaired) electrons. The molecule has 0 aliphatic rings. The van der Waals surface area contributed by atoms with Gasteiger partial charge in [0, 0.05) is 0 Å². The monoisotopic (exact) mass is 355 g/mol. The third-order valence-corrected chi connectivity index (χ3v) is 4.16. The molecule has 140 valence electrons. The number of amides is 1. The van der Waals surface area contributed by atoms with E-state index in [0.717, 1.165) is 28.2 Å². The molecule has 0 unspecified atom stereocenters. The third-order valence-electron chi connectivity index (χ3n) is 4.16. The number of nitrogens with one attached hydrogen (secondary N) is 1. The van der Waals surface area contributed by atoms with Crippen molar-refractivity contribution in [3.8, 4) is 11.5 Å². The minimum atomic E-state index is -0.148. The van der Waals surface area contributed by atoms with Crippen LogP contribution in [0.4, 0.5) is 0 Å². The lowest BCUT2D eigenvalue weighted by atomic mass is 10.0. The van der Waals surface area contributed by atoms with Crippen LogP contribution < -0.4 is 14.8 Å². The van der Waals surface area contributed by atoms with E-state index in [9.17, 15) is 4.79 Å². The van der Waals surface area contributed by atoms with E-state index in [1.54, 1.807) is 0 Å². The van der Waals surface area contributed by atoms with Gasteiger partial charge in [-0.15, -0.1) is 0 Å². The summed E-state index contributed by atoms with van der Waals surface area (Å²) in [6.07, 6.45) is 0. The van der Waals surface area contributed by atoms with Gasteiger partial charge in [0.1, 0.15) is 18.1 Å². The van der Waals surface area contributed by atoms with E-state index in [-0.39, 0.29) is 12.5 Å². The van der Waals surface area contributed by atoms with Crippen molar-refractivity contribution in [1.29, 1.82) is 0 Å². The van der Waals surface area contributed by atoms with Crippen LogP contribution in [0.3, 0.4) is 0 Å². The van der Waals surface area contributed by atoms with Crippen molar-refractivity contribution >= 4 is 5.91 Å². The van der Waals surface area contributed by atoms with Gasteiger partial charge in [-0.1, -0.05) is 43.7 Å². The summed E-state index contributed by atoms with van der Waals surface area (Å²) in [6.45, 7) is 11.2. The maximum absolute atomic E-state index is 12.0. The van der Waals surface area contributed by atoms with Gasteiger partial charge in [-0.2, -0.15) is 0 Å². The van der Waals surface area contributed by atoms with Crippen molar-refractivity contribution in [3.05, 3.63) is 58.7 Å². The Balaban J connectivity index is 1.77. The first-order valence-corrected chi connectivity index (χ1v) is 9.07. The summed E-state index contributed by atoms with van der Waals surface area (Å²) in [5.74, 6) is 1.83. The molecule has 4 nitrogen and oxygen atoms in total. The Morgan fingerprint density at radius 3 is 2.35 bits per heavy atom. The molecule has 2 aromatic rings. The zero-order valence-corrected chi connectivity index (χ0v) is 16.4. The number of ether oxygens (including phenoxy) is 2. The minimum absolute atomic E-state index is 0.00668. The van der Waals surface area contributed by atoms with E-state index < -0.39 is 0 Å². The summed E-state index contributed by atoms with van der Waals surface area (Å²) in [5, 5.41) is 2.83. The van der Waals surface area contributed by atoms with Gasteiger partial charge in [0.25, 0.3) is 5.91 Å². The quantitative estimate of drug-likeness (QED) is 0.718. The number of carbonyl (C=O) groups is 1. The Kier molecular flexibility index (Phi) is 7.07. The molecule has 0 saturated carbocycles. The highest BCUT2D eigenvalue weighted by atomic mass is 16.5. The fourth-order valence-corrected chi connectivity index (χ4v) is 2.75. The summed E-state index contributed by atoms with van der Waals surface area (Å²) < 4.78 is 11.5. The first-order chi connectivity index (χ1) is 12.4. The first kappa shape index (κ1) is 19.8. The van der Waals surface area contributed by atoms with E-state index in [1.165, 1.54) is 5.56 Å². The Morgan fingerprint density at radius 1 is 0.962 bits per heavy atom. The Hall–Kier alpha value is -2.49. The fourth-order valence-electron chi connectivity index (χ4n) is 2.75. The van der Waals surface area contributed by atoms with Crippen LogP contribution in [0, 0.1) is 20.8 Å². The molecule has 0 heterocycles. The molecular weight excluding hydrogens is 326 g/mol. The first-order valence-electron chi connectivity index (χ1n) is 9.07. The number of aryl methyl sites for hydroxylation is 3. The molecule has 26 heavy (non-hydrogen) atoms. The van der Waals surface area contributed by atoms with Gasteiger partial charge in [-0.3, -0.25) is 4.79 Å². The molecule has 0 atom stereocenters. The van der Waals surface area contributed by atoms with E-state index in [4.69, 9.17) is 9.47 Å². The molecular formula is C22H29NO3. The van der Waals surface area contributed by atoms with Crippen LogP contribution >= 0.6 is 0 Å². The molecule has 1 amide bonds. The largest absolute Gasteiger partial charge is 0.491 e. The third kappa shape index (κ3) is 5.80. The van der Waals surface area contributed by atoms with Gasteiger partial charge in [0.15, 0.2) is 6.61 Å². The van der Waals surface area contributed by atoms with Crippen LogP contribution in [0.25, 0.3) is 0 Å². The van der Waals surface area contributed by atoms with Crippen LogP contribution in [-0.2, 0) is 4.79 Å². The average Bonchev–Trinajstić information content (AvgIpc) is 2.58. The van der Waals surface area contributed by atoms with Crippen LogP contribution in [0.1, 0.15) is 42.0 Å². The predicted molar refractivity (Wildman–Crippen MR) is 105 cm³/mol. The molecule has 4 heteroatoms. The molecule has 1 N–H and O–H groups in total. The summed E-state index contributed by atoms with van der Waals surface area (Å²) >= 11 is 0. The second kappa shape index (κ2) is 9.27. The molecule has 2 aromatic carbocycles. The molecule has 0 aliphatic carbocycles. The van der Waals surface area contributed by atoms with Crippen LogP contribution in [0.15, 0.2) is 36.4 Å². The normalized spacial score (nSPS) is 10.7. The van der Waals surface area contributed by atoms with Crippen molar-refractivity contribution < 1.29 is 14.3 Å². The van der Waals surface area contributed by atoms with E-state index in [1.807, 2.05) is 32.0 Å². The van der Waals surface area contributed by atoms with Gasteiger partial charge in [0.2, 0.25) is 0 Å². The number of carbonyl (C=O) groups excluding carboxylic acids is 1. The van der Waals surface area contributed by atoms with Crippen molar-refractivity contribution in [1.82, 2.24) is 5.32 Å². The van der Waals surface area contributed by atoms with Crippen molar-refractivity contribution in [2.75, 3.05) is 19.8 Å². The Morgan fingerprint density at radius 2 is 1.65 bits per heavy atom. The maximum Gasteiger partial charge on any atom is 0.258 e. The molecule has 0 spiro atoms. The minimum Gasteiger partial charge on any atom is -0.491 e. The van der Waals surface area contributed by atoms with Crippen molar-refractivity contribution in [2.24, 2.45) is 0 Å². The van der Waals surface area contributed by atoms with Crippen molar-refractivity contribution in [2.45, 2.75) is 40.5 Å². The molecule has 2 rings (SSSR count). The molecule has 0 fully saturated rings. The van der Waals surface area contributed by atoms with E-state index in [0.29, 0.717) is 19.1 Å². The molecule has 0 bridgehead atoms. The highest BCUT2D eigenvalue weighted by molar-refractivity contribution is 5.77. The van der Waals surface area contributed by atoms with Crippen LogP contribution in [-0.4, -0.2) is 25.7 Å². The highest BCUT2D eigenvalue weighted by Gasteiger charge is 2.10. The SMILES string of the molecule is Cc1ccc(OCCNC(=O)COc2cc(C)ccc2C(C)C)c(C)c1. The van der Waals surface area contributed by atoms with E-state index >= 15 is 0 Å². The van der Waals surface area contributed by atoms with Gasteiger partial charge in [-0.25, -0.2) is 0 Å². The number of benzene rings is 2. The summed E-state index contributed by atoms with van der Waals surface area (Å²) in [4.78, 5) is 12.0. The number of hydrogen-bond acceptors (Lipinski definition) is 3. The lowest BCUT2D eigenvalue weighted by Crippen LogP contribution is -2.32. The fraction of sp³-hybridized carbons (Fsp3) is 0.409. The lowest BCUT2D eigenvalue weighted by molar-refractivity contribution is -0.123. The zero-order valence-electron chi connectivity index (χ0n) is 16.4. The van der Waals surface area contributed by atoms with Crippen LogP contribution in [0.2, 0.25) is 0 Å². The second-order valence-corrected chi connectivity index (χ2v) is 6.95. The summed E-state index contributed by atoms with van der Waals surface area (Å²) in [6, 6.07) is 12.2. The summed E-state index contributed by atoms with van der Waals surface area (Å²) in [5.41, 5.74) is 4.53. The van der Waals surface area contributed by atoms with Gasteiger partial charge < -0.3 is 14.8 Å². The standard InChI is InChI=1S/C22H29NO3/c1-15(2)19-8-6-17(4)13-21(19)26-14-22(24)23-10-11-25-20-9-7-16(3)12-18(20)5/h6-9,12-13,15H,10-11,14H2,1-5H3,(H,23,24). The smallest absolute Gasteiger partial charge is 0.258 e. The topological polar surface area (TPSA) is 47.6 Å². The lowest BCUT2D eigenvalue weighted by Gasteiger charge is -2.15. The second-order valence-electron chi connectivity index (χ2n) is 6.95. The van der Waals surface area contributed by atoms with Gasteiger partial charge in [0.05, 0.1) is 6.54 Å². The molecule has 0 saturated heterocycles. The summed E-state index contributed by atoms with van der Waals surface area (Å²) in [7, 11) is 0. The molecule has 0 aromatic heterocycles. The highest BCUT2D eigenvalue weighted by Crippen LogP contribution is 2.27. The Bertz CT molecular complexity index is 753. The zero-order chi connectivity index (χ0) is 19.1. The van der Waals surface area contributed by atoms with Gasteiger partial charge >= 0.3 is 0 Å². The van der Waals surface area contributed by atoms with E-state index in [2.05, 4.69) is 44.3 Å². The van der Waals surface area contributed by atoms with Gasteiger partial charge in [-0.05, 0) is 55.5 Å². The Labute approximate surface area is 156 Å². The number of rotatable bonds is 8. The number of hydrogen-bond donors (Lipinski definition) is 1. The average molecular weight is 355 g/mol. The predicted octanol–water partition coefficient (Wildman–Crippen LogP) is 4.31. The van der Waals surface area contributed by atoms with Crippen LogP contribution in [0.5, 0.6) is 11.5 Å². The molecule has 0 aliphatic heterocycles. The van der Waals surface area contributed by atoms with Crippen molar-refractivity contribution in [3.63, 3.8) is 0 Å². The maximum atomic E-state index is 12.0.